The number of benzene rings is 2. The molecule has 0 aliphatic rings. The van der Waals surface area contributed by atoms with Gasteiger partial charge in [-0.15, -0.1) is 0 Å². The van der Waals surface area contributed by atoms with E-state index in [1.165, 1.54) is 29.5 Å². The Balaban J connectivity index is 1.54. The van der Waals surface area contributed by atoms with Gasteiger partial charge in [-0.1, -0.05) is 29.5 Å². The third-order valence-electron chi connectivity index (χ3n) is 4.47. The summed E-state index contributed by atoms with van der Waals surface area (Å²) >= 11 is 1.51. The number of anilines is 1. The molecule has 0 radical (unpaired) electrons. The Morgan fingerprint density at radius 2 is 2.00 bits per heavy atom. The van der Waals surface area contributed by atoms with Crippen molar-refractivity contribution < 1.29 is 13.9 Å². The fraction of sp³-hybridized carbons (Fsp3) is 0.136. The van der Waals surface area contributed by atoms with Gasteiger partial charge in [-0.25, -0.2) is 14.4 Å². The monoisotopic (exact) mass is 407 g/mol. The van der Waals surface area contributed by atoms with E-state index in [1.807, 2.05) is 37.3 Å². The number of nitrogens with zero attached hydrogens (tertiary/aromatic N) is 2. The molecule has 4 aromatic rings. The van der Waals surface area contributed by atoms with Gasteiger partial charge in [0.25, 0.3) is 5.91 Å². The zero-order valence-electron chi connectivity index (χ0n) is 15.8. The second-order valence-corrected chi connectivity index (χ2v) is 7.51. The molecule has 2 aromatic heterocycles. The van der Waals surface area contributed by atoms with Crippen LogP contribution >= 0.6 is 11.3 Å². The molecule has 0 saturated carbocycles. The number of rotatable bonds is 5. The van der Waals surface area contributed by atoms with Gasteiger partial charge >= 0.3 is 0 Å². The molecule has 1 amide bonds. The van der Waals surface area contributed by atoms with Crippen LogP contribution in [0, 0.1) is 12.7 Å². The Morgan fingerprint density at radius 1 is 1.17 bits per heavy atom. The van der Waals surface area contributed by atoms with E-state index >= 15 is 0 Å². The van der Waals surface area contributed by atoms with Gasteiger partial charge in [-0.2, -0.15) is 0 Å². The summed E-state index contributed by atoms with van der Waals surface area (Å²) in [7, 11) is 0. The van der Waals surface area contributed by atoms with Crippen molar-refractivity contribution in [2.75, 3.05) is 5.32 Å². The number of nitrogens with one attached hydrogen (secondary N) is 1. The first-order valence-corrected chi connectivity index (χ1v) is 9.87. The molecule has 0 saturated heterocycles. The van der Waals surface area contributed by atoms with Crippen LogP contribution in [-0.2, 0) is 4.79 Å². The van der Waals surface area contributed by atoms with Gasteiger partial charge in [0.1, 0.15) is 26.9 Å². The standard InChI is InChI=1S/C22H18FN3O2S/c1-13-17(21-26-19-10-5-11-24-22(19)29-21)8-4-9-18(13)25-20(27)14(2)28-16-7-3-6-15(23)12-16/h3-12,14H,1-2H3,(H,25,27). The summed E-state index contributed by atoms with van der Waals surface area (Å²) in [6, 6.07) is 15.2. The van der Waals surface area contributed by atoms with E-state index in [-0.39, 0.29) is 5.91 Å². The fourth-order valence-electron chi connectivity index (χ4n) is 2.92. The van der Waals surface area contributed by atoms with Gasteiger partial charge in [0.2, 0.25) is 0 Å². The molecule has 0 fully saturated rings. The SMILES string of the molecule is Cc1c(NC(=O)C(C)Oc2cccc(F)c2)cccc1-c1nc2cccnc2s1. The van der Waals surface area contributed by atoms with Crippen molar-refractivity contribution in [3.05, 3.63) is 72.2 Å². The number of fused-ring (bicyclic) bond motifs is 1. The van der Waals surface area contributed by atoms with Gasteiger partial charge in [-0.05, 0) is 49.7 Å². The van der Waals surface area contributed by atoms with Crippen LogP contribution in [0.15, 0.2) is 60.8 Å². The summed E-state index contributed by atoms with van der Waals surface area (Å²) in [4.78, 5) is 22.4. The minimum Gasteiger partial charge on any atom is -0.481 e. The second-order valence-electron chi connectivity index (χ2n) is 6.53. The molecule has 0 spiro atoms. The van der Waals surface area contributed by atoms with Crippen LogP contribution in [0.5, 0.6) is 5.75 Å². The van der Waals surface area contributed by atoms with Crippen molar-refractivity contribution in [3.63, 3.8) is 0 Å². The molecule has 5 nitrogen and oxygen atoms in total. The third kappa shape index (κ3) is 4.09. The van der Waals surface area contributed by atoms with Crippen molar-refractivity contribution in [1.29, 1.82) is 0 Å². The Hall–Kier alpha value is -3.32. The average molecular weight is 407 g/mol. The summed E-state index contributed by atoms with van der Waals surface area (Å²) in [5, 5.41) is 3.74. The van der Waals surface area contributed by atoms with Gasteiger partial charge in [0, 0.05) is 23.5 Å². The van der Waals surface area contributed by atoms with Crippen molar-refractivity contribution in [2.45, 2.75) is 20.0 Å². The average Bonchev–Trinajstić information content (AvgIpc) is 3.13. The summed E-state index contributed by atoms with van der Waals surface area (Å²) in [5.74, 6) is -0.426. The fourth-order valence-corrected chi connectivity index (χ4v) is 3.91. The largest absolute Gasteiger partial charge is 0.481 e. The van der Waals surface area contributed by atoms with E-state index in [0.29, 0.717) is 11.4 Å². The van der Waals surface area contributed by atoms with Crippen molar-refractivity contribution in [2.24, 2.45) is 0 Å². The number of thiazole rings is 1. The number of halogens is 1. The van der Waals surface area contributed by atoms with E-state index in [2.05, 4.69) is 15.3 Å². The Labute approximate surface area is 171 Å². The lowest BCUT2D eigenvalue weighted by Crippen LogP contribution is -2.30. The van der Waals surface area contributed by atoms with E-state index < -0.39 is 11.9 Å². The van der Waals surface area contributed by atoms with Gasteiger partial charge in [-0.3, -0.25) is 4.79 Å². The predicted molar refractivity (Wildman–Crippen MR) is 113 cm³/mol. The number of carbonyl (C=O) groups excluding carboxylic acids is 1. The number of pyridine rings is 1. The van der Waals surface area contributed by atoms with Crippen molar-refractivity contribution >= 4 is 33.3 Å². The van der Waals surface area contributed by atoms with E-state index in [4.69, 9.17) is 4.74 Å². The molecule has 146 valence electrons. The lowest BCUT2D eigenvalue weighted by atomic mass is 10.1. The maximum atomic E-state index is 13.3. The summed E-state index contributed by atoms with van der Waals surface area (Å²) < 4.78 is 18.9. The van der Waals surface area contributed by atoms with Crippen molar-refractivity contribution in [3.8, 4) is 16.3 Å². The molecule has 29 heavy (non-hydrogen) atoms. The number of hydrogen-bond donors (Lipinski definition) is 1. The molecular weight excluding hydrogens is 389 g/mol. The van der Waals surface area contributed by atoms with Crippen LogP contribution < -0.4 is 10.1 Å². The second kappa shape index (κ2) is 7.97. The number of carbonyl (C=O) groups is 1. The number of hydrogen-bond acceptors (Lipinski definition) is 5. The third-order valence-corrected chi connectivity index (χ3v) is 5.48. The van der Waals surface area contributed by atoms with Crippen LogP contribution in [0.3, 0.4) is 0 Å². The minimum absolute atomic E-state index is 0.306. The smallest absolute Gasteiger partial charge is 0.265 e. The van der Waals surface area contributed by atoms with Gasteiger partial charge in [0.15, 0.2) is 6.10 Å². The highest BCUT2D eigenvalue weighted by atomic mass is 32.1. The minimum atomic E-state index is -0.786. The van der Waals surface area contributed by atoms with Crippen molar-refractivity contribution in [1.82, 2.24) is 9.97 Å². The number of amides is 1. The lowest BCUT2D eigenvalue weighted by molar-refractivity contribution is -0.122. The Bertz CT molecular complexity index is 1160. The molecule has 0 aliphatic carbocycles. The molecule has 0 aliphatic heterocycles. The topological polar surface area (TPSA) is 64.1 Å². The molecular formula is C22H18FN3O2S. The van der Waals surface area contributed by atoms with Gasteiger partial charge in [0.05, 0.1) is 0 Å². The van der Waals surface area contributed by atoms with Crippen LogP contribution in [-0.4, -0.2) is 22.0 Å². The van der Waals surface area contributed by atoms with Crippen LogP contribution in [0.1, 0.15) is 12.5 Å². The number of ether oxygens (including phenoxy) is 1. The molecule has 0 bridgehead atoms. The molecule has 1 N–H and O–H groups in total. The summed E-state index contributed by atoms with van der Waals surface area (Å²) in [6.07, 6.45) is 0.958. The molecule has 1 atom stereocenters. The highest BCUT2D eigenvalue weighted by molar-refractivity contribution is 7.21. The molecule has 4 rings (SSSR count). The summed E-state index contributed by atoms with van der Waals surface area (Å²) in [6.45, 7) is 3.56. The zero-order chi connectivity index (χ0) is 20.4. The molecule has 7 heteroatoms. The molecule has 1 unspecified atom stereocenters. The first-order chi connectivity index (χ1) is 14.0. The lowest BCUT2D eigenvalue weighted by Gasteiger charge is -2.16. The van der Waals surface area contributed by atoms with E-state index in [0.717, 1.165) is 26.5 Å². The quantitative estimate of drug-likeness (QED) is 0.493. The van der Waals surface area contributed by atoms with E-state index in [9.17, 15) is 9.18 Å². The molecule has 2 heterocycles. The Kier molecular flexibility index (Phi) is 5.22. The maximum absolute atomic E-state index is 13.3. The first kappa shape index (κ1) is 19.0. The highest BCUT2D eigenvalue weighted by Gasteiger charge is 2.18. The normalized spacial score (nSPS) is 12.0. The van der Waals surface area contributed by atoms with Crippen LogP contribution in [0.25, 0.3) is 20.9 Å². The number of aromatic nitrogens is 2. The predicted octanol–water partition coefficient (Wildman–Crippen LogP) is 5.21. The Morgan fingerprint density at radius 3 is 2.79 bits per heavy atom. The summed E-state index contributed by atoms with van der Waals surface area (Å²) in [5.41, 5.74) is 3.36. The first-order valence-electron chi connectivity index (χ1n) is 9.06. The molecule has 2 aromatic carbocycles. The zero-order valence-corrected chi connectivity index (χ0v) is 16.7. The van der Waals surface area contributed by atoms with E-state index in [1.54, 1.807) is 19.2 Å². The van der Waals surface area contributed by atoms with Crippen LogP contribution in [0.4, 0.5) is 10.1 Å². The maximum Gasteiger partial charge on any atom is 0.265 e. The van der Waals surface area contributed by atoms with Crippen LogP contribution in [0.2, 0.25) is 0 Å². The van der Waals surface area contributed by atoms with Gasteiger partial charge < -0.3 is 10.1 Å². The highest BCUT2D eigenvalue weighted by Crippen LogP contribution is 2.33.